The van der Waals surface area contributed by atoms with Crippen molar-refractivity contribution in [3.8, 4) is 5.75 Å². The average Bonchev–Trinajstić information content (AvgIpc) is 3.10. The highest BCUT2D eigenvalue weighted by atomic mass is 19.1. The number of amides is 1. The van der Waals surface area contributed by atoms with E-state index in [1.54, 1.807) is 18.2 Å². The Kier molecular flexibility index (Phi) is 5.68. The number of carbonyl (C=O) groups is 1. The lowest BCUT2D eigenvalue weighted by Crippen LogP contribution is -2.35. The van der Waals surface area contributed by atoms with Crippen molar-refractivity contribution in [1.82, 2.24) is 0 Å². The van der Waals surface area contributed by atoms with Gasteiger partial charge in [-0.2, -0.15) is 0 Å². The number of aliphatic hydroxyl groups is 1. The molecule has 1 aliphatic heterocycles. The summed E-state index contributed by atoms with van der Waals surface area (Å²) >= 11 is 0. The van der Waals surface area contributed by atoms with Crippen LogP contribution in [0.5, 0.6) is 5.75 Å². The average molecular weight is 407 g/mol. The first-order chi connectivity index (χ1) is 14.5. The maximum atomic E-state index is 13.4. The minimum atomic E-state index is -0.954. The summed E-state index contributed by atoms with van der Waals surface area (Å²) in [5, 5.41) is 21.4. The predicted octanol–water partition coefficient (Wildman–Crippen LogP) is 4.59. The molecule has 1 saturated heterocycles. The quantitative estimate of drug-likeness (QED) is 0.627. The summed E-state index contributed by atoms with van der Waals surface area (Å²) in [6.07, 6.45) is -1.51. The van der Waals surface area contributed by atoms with Crippen LogP contribution in [0.2, 0.25) is 0 Å². The van der Waals surface area contributed by atoms with Gasteiger partial charge in [-0.3, -0.25) is 4.90 Å². The molecular formula is C24H22FNO4. The summed E-state index contributed by atoms with van der Waals surface area (Å²) in [5.74, 6) is -0.432. The minimum absolute atomic E-state index is 0.00632. The molecule has 0 aromatic heterocycles. The number of aryl methyl sites for hydroxylation is 1. The van der Waals surface area contributed by atoms with Gasteiger partial charge in [0.15, 0.2) is 6.10 Å². The van der Waals surface area contributed by atoms with Crippen molar-refractivity contribution in [3.05, 3.63) is 95.8 Å². The predicted molar refractivity (Wildman–Crippen MR) is 111 cm³/mol. The van der Waals surface area contributed by atoms with Crippen molar-refractivity contribution in [1.29, 1.82) is 0 Å². The number of cyclic esters (lactones) is 1. The molecule has 2 N–H and O–H groups in total. The molecule has 3 aromatic carbocycles. The molecule has 0 spiro atoms. The lowest BCUT2D eigenvalue weighted by Gasteiger charge is -2.28. The van der Waals surface area contributed by atoms with E-state index in [1.807, 2.05) is 30.3 Å². The first-order valence-corrected chi connectivity index (χ1v) is 9.80. The lowest BCUT2D eigenvalue weighted by molar-refractivity contribution is 0.0143. The Bertz CT molecular complexity index is 1010. The number of halogens is 1. The molecule has 4 rings (SSSR count). The second-order valence-electron chi connectivity index (χ2n) is 7.29. The summed E-state index contributed by atoms with van der Waals surface area (Å²) in [6.45, 7) is 0. The molecule has 0 radical (unpaired) electrons. The molecule has 1 amide bonds. The molecule has 0 bridgehead atoms. The van der Waals surface area contributed by atoms with Crippen LogP contribution in [0.4, 0.5) is 14.9 Å². The molecular weight excluding hydrogens is 385 g/mol. The second-order valence-corrected chi connectivity index (χ2v) is 7.29. The molecule has 154 valence electrons. The zero-order valence-corrected chi connectivity index (χ0v) is 16.2. The van der Waals surface area contributed by atoms with Crippen molar-refractivity contribution in [2.45, 2.75) is 31.1 Å². The van der Waals surface area contributed by atoms with E-state index in [1.165, 1.54) is 35.2 Å². The number of carbonyl (C=O) groups excluding carboxylic acids is 1. The van der Waals surface area contributed by atoms with E-state index >= 15 is 0 Å². The number of aliphatic hydroxyl groups excluding tert-OH is 1. The summed E-state index contributed by atoms with van der Waals surface area (Å²) < 4.78 is 19.0. The van der Waals surface area contributed by atoms with Crippen LogP contribution in [0.3, 0.4) is 0 Å². The molecule has 6 heteroatoms. The molecule has 0 saturated carbocycles. The Hall–Kier alpha value is -3.38. The van der Waals surface area contributed by atoms with Crippen molar-refractivity contribution in [2.24, 2.45) is 0 Å². The maximum Gasteiger partial charge on any atom is 0.415 e. The number of para-hydroxylation sites is 1. The topological polar surface area (TPSA) is 70.0 Å². The van der Waals surface area contributed by atoms with Crippen LogP contribution in [0.1, 0.15) is 23.6 Å². The van der Waals surface area contributed by atoms with Gasteiger partial charge >= 0.3 is 6.09 Å². The molecule has 3 atom stereocenters. The molecule has 5 nitrogen and oxygen atoms in total. The van der Waals surface area contributed by atoms with E-state index in [9.17, 15) is 19.4 Å². The summed E-state index contributed by atoms with van der Waals surface area (Å²) in [4.78, 5) is 14.1. The van der Waals surface area contributed by atoms with E-state index in [-0.39, 0.29) is 5.75 Å². The third-order valence-corrected chi connectivity index (χ3v) is 5.33. The zero-order valence-electron chi connectivity index (χ0n) is 16.2. The number of nitrogens with zero attached hydrogens (tertiary/aromatic N) is 1. The number of phenolic OH excluding ortho intramolecular Hbond substituents is 1. The van der Waals surface area contributed by atoms with Crippen LogP contribution < -0.4 is 4.90 Å². The Labute approximate surface area is 174 Å². The fourth-order valence-corrected chi connectivity index (χ4v) is 3.83. The van der Waals surface area contributed by atoms with Gasteiger partial charge in [-0.05, 0) is 48.7 Å². The van der Waals surface area contributed by atoms with Crippen LogP contribution in [-0.4, -0.2) is 28.5 Å². The van der Waals surface area contributed by atoms with Crippen LogP contribution >= 0.6 is 0 Å². The smallest absolute Gasteiger partial charge is 0.415 e. The monoisotopic (exact) mass is 407 g/mol. The number of benzene rings is 3. The number of rotatable bonds is 6. The molecule has 3 aromatic rings. The van der Waals surface area contributed by atoms with Gasteiger partial charge in [-0.15, -0.1) is 0 Å². The minimum Gasteiger partial charge on any atom is -0.508 e. The third kappa shape index (κ3) is 4.00. The normalized spacial score (nSPS) is 19.5. The van der Waals surface area contributed by atoms with Gasteiger partial charge in [0.1, 0.15) is 17.6 Å². The van der Waals surface area contributed by atoms with Crippen LogP contribution in [0.25, 0.3) is 0 Å². The Balaban J connectivity index is 1.65. The fourth-order valence-electron chi connectivity index (χ4n) is 3.83. The third-order valence-electron chi connectivity index (χ3n) is 5.33. The van der Waals surface area contributed by atoms with Gasteiger partial charge in [0.2, 0.25) is 0 Å². The number of hydrogen-bond donors (Lipinski definition) is 2. The Morgan fingerprint density at radius 1 is 0.967 bits per heavy atom. The van der Waals surface area contributed by atoms with Crippen LogP contribution in [0, 0.1) is 5.82 Å². The second kappa shape index (κ2) is 8.55. The SMILES string of the molecule is O=C1OC([C@H](O)CCc2ccccc2)[C@@H](c2ccccc2O)N1c1ccc(F)cc1. The molecule has 0 aliphatic carbocycles. The number of phenols is 1. The summed E-state index contributed by atoms with van der Waals surface area (Å²) in [7, 11) is 0. The van der Waals surface area contributed by atoms with E-state index in [0.29, 0.717) is 24.1 Å². The number of ether oxygens (including phenoxy) is 1. The lowest BCUT2D eigenvalue weighted by atomic mass is 9.93. The van der Waals surface area contributed by atoms with Crippen LogP contribution in [0.15, 0.2) is 78.9 Å². The first-order valence-electron chi connectivity index (χ1n) is 9.80. The highest BCUT2D eigenvalue weighted by Gasteiger charge is 2.47. The Morgan fingerprint density at radius 3 is 2.33 bits per heavy atom. The van der Waals surface area contributed by atoms with Crippen molar-refractivity contribution < 1.29 is 24.1 Å². The molecule has 1 aliphatic rings. The summed E-state index contributed by atoms with van der Waals surface area (Å²) in [6, 6.07) is 21.1. The van der Waals surface area contributed by atoms with Crippen molar-refractivity contribution >= 4 is 11.8 Å². The molecule has 30 heavy (non-hydrogen) atoms. The van der Waals surface area contributed by atoms with Crippen LogP contribution in [-0.2, 0) is 11.2 Å². The fraction of sp³-hybridized carbons (Fsp3) is 0.208. The number of anilines is 1. The van der Waals surface area contributed by atoms with Gasteiger partial charge in [-0.25, -0.2) is 9.18 Å². The van der Waals surface area contributed by atoms with Crippen molar-refractivity contribution in [3.63, 3.8) is 0 Å². The van der Waals surface area contributed by atoms with E-state index in [4.69, 9.17) is 4.74 Å². The molecule has 1 heterocycles. The molecule has 1 unspecified atom stereocenters. The highest BCUT2D eigenvalue weighted by Crippen LogP contribution is 2.42. The zero-order chi connectivity index (χ0) is 21.1. The maximum absolute atomic E-state index is 13.4. The van der Waals surface area contributed by atoms with E-state index < -0.39 is 30.2 Å². The number of hydrogen-bond acceptors (Lipinski definition) is 4. The first kappa shape index (κ1) is 19.9. The van der Waals surface area contributed by atoms with Crippen molar-refractivity contribution in [2.75, 3.05) is 4.90 Å². The summed E-state index contributed by atoms with van der Waals surface area (Å²) in [5.41, 5.74) is 1.94. The van der Waals surface area contributed by atoms with E-state index in [0.717, 1.165) is 5.56 Å². The largest absolute Gasteiger partial charge is 0.508 e. The van der Waals surface area contributed by atoms with Gasteiger partial charge < -0.3 is 14.9 Å². The highest BCUT2D eigenvalue weighted by molar-refractivity contribution is 5.91. The van der Waals surface area contributed by atoms with Gasteiger partial charge in [0, 0.05) is 11.3 Å². The van der Waals surface area contributed by atoms with Gasteiger partial charge in [0.25, 0.3) is 0 Å². The van der Waals surface area contributed by atoms with Gasteiger partial charge in [-0.1, -0.05) is 48.5 Å². The Morgan fingerprint density at radius 2 is 1.63 bits per heavy atom. The molecule has 1 fully saturated rings. The van der Waals surface area contributed by atoms with Gasteiger partial charge in [0.05, 0.1) is 6.10 Å². The van der Waals surface area contributed by atoms with E-state index in [2.05, 4.69) is 0 Å². The standard InChI is InChI=1S/C24H22FNO4/c25-17-11-13-18(14-12-17)26-22(19-8-4-5-9-20(19)27)23(30-24(26)29)21(28)15-10-16-6-2-1-3-7-16/h1-9,11-14,21-23,27-28H,10,15H2/t21-,22-,23?/m1/s1. The number of aromatic hydroxyl groups is 1.